The largest absolute Gasteiger partial charge is 0.497 e. The van der Waals surface area contributed by atoms with E-state index >= 15 is 0 Å². The van der Waals surface area contributed by atoms with Crippen LogP contribution in [0, 0.1) is 13.8 Å². The van der Waals surface area contributed by atoms with Crippen LogP contribution in [0.25, 0.3) is 0 Å². The summed E-state index contributed by atoms with van der Waals surface area (Å²) in [6.45, 7) is 4.08. The first-order valence-corrected chi connectivity index (χ1v) is 8.35. The van der Waals surface area contributed by atoms with Gasteiger partial charge < -0.3 is 16.2 Å². The number of benzene rings is 3. The third-order valence-electron chi connectivity index (χ3n) is 4.70. The zero-order valence-corrected chi connectivity index (χ0v) is 14.9. The summed E-state index contributed by atoms with van der Waals surface area (Å²) in [6.07, 6.45) is 0. The predicted molar refractivity (Wildman–Crippen MR) is 105 cm³/mol. The average molecular weight is 332 g/mol. The lowest BCUT2D eigenvalue weighted by Gasteiger charge is -2.21. The number of hydrogen-bond acceptors (Lipinski definition) is 3. The second-order valence-corrected chi connectivity index (χ2v) is 6.44. The number of nitrogens with two attached hydrogens (primary N) is 2. The molecule has 0 aliphatic carbocycles. The zero-order valence-electron chi connectivity index (χ0n) is 14.9. The van der Waals surface area contributed by atoms with Gasteiger partial charge in [-0.1, -0.05) is 36.4 Å². The zero-order chi connectivity index (χ0) is 18.0. The van der Waals surface area contributed by atoms with E-state index in [1.54, 1.807) is 7.11 Å². The fourth-order valence-corrected chi connectivity index (χ4v) is 3.13. The molecule has 0 amide bonds. The highest BCUT2D eigenvalue weighted by Gasteiger charge is 2.18. The number of hydrogen-bond donors (Lipinski definition) is 2. The summed E-state index contributed by atoms with van der Waals surface area (Å²) >= 11 is 0. The summed E-state index contributed by atoms with van der Waals surface area (Å²) in [4.78, 5) is 0. The van der Waals surface area contributed by atoms with Gasteiger partial charge in [-0.15, -0.1) is 0 Å². The number of methoxy groups -OCH3 is 1. The van der Waals surface area contributed by atoms with Crippen LogP contribution >= 0.6 is 0 Å². The molecule has 25 heavy (non-hydrogen) atoms. The molecule has 0 fully saturated rings. The van der Waals surface area contributed by atoms with E-state index in [-0.39, 0.29) is 5.92 Å². The smallest absolute Gasteiger partial charge is 0.118 e. The third kappa shape index (κ3) is 3.45. The molecule has 0 saturated carbocycles. The van der Waals surface area contributed by atoms with Crippen molar-refractivity contribution in [2.45, 2.75) is 19.8 Å². The van der Waals surface area contributed by atoms with Gasteiger partial charge in [-0.05, 0) is 65.9 Å². The maximum atomic E-state index is 6.02. The van der Waals surface area contributed by atoms with Gasteiger partial charge in [-0.25, -0.2) is 0 Å². The normalized spacial score (nSPS) is 10.9. The lowest BCUT2D eigenvalue weighted by Crippen LogP contribution is -2.05. The highest BCUT2D eigenvalue weighted by molar-refractivity contribution is 5.55. The first kappa shape index (κ1) is 16.9. The molecule has 3 aromatic carbocycles. The number of rotatable bonds is 4. The molecule has 0 aliphatic rings. The van der Waals surface area contributed by atoms with E-state index in [9.17, 15) is 0 Å². The van der Waals surface area contributed by atoms with Gasteiger partial charge in [0.1, 0.15) is 5.75 Å². The van der Waals surface area contributed by atoms with Gasteiger partial charge in [0.25, 0.3) is 0 Å². The van der Waals surface area contributed by atoms with Crippen molar-refractivity contribution in [3.8, 4) is 5.75 Å². The van der Waals surface area contributed by atoms with Crippen LogP contribution in [0.4, 0.5) is 11.4 Å². The fourth-order valence-electron chi connectivity index (χ4n) is 3.13. The molecular weight excluding hydrogens is 308 g/mol. The van der Waals surface area contributed by atoms with Gasteiger partial charge in [-0.3, -0.25) is 0 Å². The summed E-state index contributed by atoms with van der Waals surface area (Å²) in [5.41, 5.74) is 19.4. The minimum atomic E-state index is 0.115. The van der Waals surface area contributed by atoms with Gasteiger partial charge in [0, 0.05) is 17.3 Å². The molecule has 3 rings (SSSR count). The van der Waals surface area contributed by atoms with Crippen molar-refractivity contribution in [1.29, 1.82) is 0 Å². The molecule has 4 N–H and O–H groups in total. The Morgan fingerprint density at radius 1 is 0.680 bits per heavy atom. The Labute approximate surface area is 149 Å². The van der Waals surface area contributed by atoms with Gasteiger partial charge in [0.15, 0.2) is 0 Å². The summed E-state index contributed by atoms with van der Waals surface area (Å²) < 4.78 is 5.30. The highest BCUT2D eigenvalue weighted by atomic mass is 16.5. The molecule has 0 unspecified atom stereocenters. The van der Waals surface area contributed by atoms with Crippen molar-refractivity contribution in [3.63, 3.8) is 0 Å². The number of aryl methyl sites for hydroxylation is 2. The van der Waals surface area contributed by atoms with Crippen LogP contribution in [0.15, 0.2) is 60.7 Å². The standard InChI is InChI=1S/C22H24N2O/c1-14-12-17(6-10-20(14)23)22(16-4-8-19(25-3)9-5-16)18-7-11-21(24)15(2)13-18/h4-13,22H,23-24H2,1-3H3. The molecule has 128 valence electrons. The molecule has 0 aromatic heterocycles. The van der Waals surface area contributed by atoms with Crippen molar-refractivity contribution in [3.05, 3.63) is 88.5 Å². The van der Waals surface area contributed by atoms with E-state index in [1.807, 2.05) is 38.1 Å². The number of nitrogen functional groups attached to an aromatic ring is 2. The average Bonchev–Trinajstić information content (AvgIpc) is 2.62. The van der Waals surface area contributed by atoms with Crippen molar-refractivity contribution >= 4 is 11.4 Å². The Morgan fingerprint density at radius 3 is 1.52 bits per heavy atom. The van der Waals surface area contributed by atoms with E-state index in [1.165, 1.54) is 16.7 Å². The van der Waals surface area contributed by atoms with Crippen LogP contribution in [0.1, 0.15) is 33.7 Å². The Balaban J connectivity index is 2.15. The van der Waals surface area contributed by atoms with Crippen LogP contribution < -0.4 is 16.2 Å². The van der Waals surface area contributed by atoms with Crippen LogP contribution in [0.5, 0.6) is 5.75 Å². The maximum Gasteiger partial charge on any atom is 0.118 e. The van der Waals surface area contributed by atoms with Crippen molar-refractivity contribution in [2.75, 3.05) is 18.6 Å². The van der Waals surface area contributed by atoms with E-state index in [4.69, 9.17) is 16.2 Å². The van der Waals surface area contributed by atoms with E-state index in [0.29, 0.717) is 0 Å². The van der Waals surface area contributed by atoms with E-state index in [0.717, 1.165) is 28.3 Å². The first-order valence-electron chi connectivity index (χ1n) is 8.35. The second kappa shape index (κ2) is 6.89. The molecule has 0 heterocycles. The number of ether oxygens (including phenoxy) is 1. The van der Waals surface area contributed by atoms with Crippen LogP contribution in [0.3, 0.4) is 0 Å². The Morgan fingerprint density at radius 2 is 1.12 bits per heavy atom. The molecule has 0 spiro atoms. The second-order valence-electron chi connectivity index (χ2n) is 6.44. The summed E-state index contributed by atoms with van der Waals surface area (Å²) in [6, 6.07) is 20.7. The lowest BCUT2D eigenvalue weighted by atomic mass is 9.83. The van der Waals surface area contributed by atoms with Crippen molar-refractivity contribution in [2.24, 2.45) is 0 Å². The fraction of sp³-hybridized carbons (Fsp3) is 0.182. The lowest BCUT2D eigenvalue weighted by molar-refractivity contribution is 0.414. The summed E-state index contributed by atoms with van der Waals surface area (Å²) in [5.74, 6) is 0.967. The molecule has 0 bridgehead atoms. The van der Waals surface area contributed by atoms with Gasteiger partial charge in [0.05, 0.1) is 7.11 Å². The van der Waals surface area contributed by atoms with Crippen LogP contribution in [0.2, 0.25) is 0 Å². The van der Waals surface area contributed by atoms with Gasteiger partial charge in [-0.2, -0.15) is 0 Å². The van der Waals surface area contributed by atoms with Gasteiger partial charge >= 0.3 is 0 Å². The highest BCUT2D eigenvalue weighted by Crippen LogP contribution is 2.35. The van der Waals surface area contributed by atoms with Gasteiger partial charge in [0.2, 0.25) is 0 Å². The Kier molecular flexibility index (Phi) is 4.66. The SMILES string of the molecule is COc1ccc(C(c2ccc(N)c(C)c2)c2ccc(N)c(C)c2)cc1. The molecule has 0 radical (unpaired) electrons. The Hall–Kier alpha value is -2.94. The third-order valence-corrected chi connectivity index (χ3v) is 4.70. The van der Waals surface area contributed by atoms with Crippen molar-refractivity contribution in [1.82, 2.24) is 0 Å². The van der Waals surface area contributed by atoms with E-state index in [2.05, 4.69) is 36.4 Å². The van der Waals surface area contributed by atoms with Crippen molar-refractivity contribution < 1.29 is 4.74 Å². The summed E-state index contributed by atoms with van der Waals surface area (Å²) in [5, 5.41) is 0. The number of anilines is 2. The molecule has 3 aromatic rings. The monoisotopic (exact) mass is 332 g/mol. The molecule has 3 heteroatoms. The molecular formula is C22H24N2O. The minimum Gasteiger partial charge on any atom is -0.497 e. The Bertz CT molecular complexity index is 834. The molecule has 0 saturated heterocycles. The van der Waals surface area contributed by atoms with E-state index < -0.39 is 0 Å². The molecule has 0 atom stereocenters. The minimum absolute atomic E-state index is 0.115. The topological polar surface area (TPSA) is 61.3 Å². The maximum absolute atomic E-state index is 6.02. The molecule has 3 nitrogen and oxygen atoms in total. The first-order chi connectivity index (χ1) is 12.0. The van der Waals surface area contributed by atoms with Crippen LogP contribution in [-0.4, -0.2) is 7.11 Å². The summed E-state index contributed by atoms with van der Waals surface area (Å²) in [7, 11) is 1.68. The quantitative estimate of drug-likeness (QED) is 0.540. The molecule has 0 aliphatic heterocycles. The predicted octanol–water partition coefficient (Wildman–Crippen LogP) is 4.66. The van der Waals surface area contributed by atoms with Crippen LogP contribution in [-0.2, 0) is 0 Å².